The second kappa shape index (κ2) is 7.90. The Morgan fingerprint density at radius 3 is 2.88 bits per heavy atom. The molecule has 1 aliphatic carbocycles. The topological polar surface area (TPSA) is 84.2 Å². The van der Waals surface area contributed by atoms with Crippen LogP contribution in [-0.2, 0) is 4.79 Å². The normalized spacial score (nSPS) is 15.4. The zero-order chi connectivity index (χ0) is 16.9. The van der Waals surface area contributed by atoms with E-state index >= 15 is 0 Å². The molecule has 0 spiro atoms. The lowest BCUT2D eigenvalue weighted by Crippen LogP contribution is -2.45. The molecule has 1 heterocycles. The Bertz CT molecular complexity index is 743. The third-order valence-corrected chi connectivity index (χ3v) is 4.91. The second-order valence-corrected chi connectivity index (χ2v) is 7.10. The highest BCUT2D eigenvalue weighted by Gasteiger charge is 2.17. The second-order valence-electron chi connectivity index (χ2n) is 5.74. The number of urea groups is 1. The number of hydrogen-bond acceptors (Lipinski definition) is 5. The van der Waals surface area contributed by atoms with E-state index in [1.165, 1.54) is 6.42 Å². The molecule has 3 amide bonds. The summed E-state index contributed by atoms with van der Waals surface area (Å²) in [6, 6.07) is 4.87. The maximum absolute atomic E-state index is 11.9. The first-order chi connectivity index (χ1) is 11.6. The summed E-state index contributed by atoms with van der Waals surface area (Å²) in [5, 5.41) is 6.13. The highest BCUT2D eigenvalue weighted by atomic mass is 35.5. The van der Waals surface area contributed by atoms with Crippen LogP contribution in [-0.4, -0.2) is 28.7 Å². The van der Waals surface area contributed by atoms with E-state index in [1.54, 1.807) is 18.2 Å². The first kappa shape index (κ1) is 17.1. The van der Waals surface area contributed by atoms with Gasteiger partial charge in [0.1, 0.15) is 5.52 Å². The Hall–Kier alpha value is -1.73. The number of hydrogen-bond donors (Lipinski definition) is 2. The summed E-state index contributed by atoms with van der Waals surface area (Å²) in [7, 11) is 0. The van der Waals surface area contributed by atoms with E-state index in [0.717, 1.165) is 37.4 Å². The summed E-state index contributed by atoms with van der Waals surface area (Å²) in [6.45, 7) is 0. The smallest absolute Gasteiger partial charge is 0.321 e. The van der Waals surface area contributed by atoms with Crippen LogP contribution in [0.25, 0.3) is 11.1 Å². The molecule has 0 saturated heterocycles. The largest absolute Gasteiger partial charge is 0.431 e. The predicted octanol–water partition coefficient (Wildman–Crippen LogP) is 3.73. The van der Waals surface area contributed by atoms with Crippen molar-refractivity contribution in [3.63, 3.8) is 0 Å². The molecule has 0 aliphatic heterocycles. The SMILES string of the molecule is O=C(CSc1nc2cc(Cl)ccc2o1)NC(=O)NC1CCCCC1. The molecule has 1 aromatic heterocycles. The minimum absolute atomic E-state index is 0.0542. The number of oxazole rings is 1. The summed E-state index contributed by atoms with van der Waals surface area (Å²) in [5.74, 6) is -0.327. The molecule has 24 heavy (non-hydrogen) atoms. The standard InChI is InChI=1S/C16H18ClN3O3S/c17-10-6-7-13-12(8-10)19-16(23-13)24-9-14(21)20-15(22)18-11-4-2-1-3-5-11/h6-8,11H,1-5,9H2,(H2,18,20,21,22). The van der Waals surface area contributed by atoms with Crippen LogP contribution in [0.4, 0.5) is 4.79 Å². The molecule has 2 aromatic rings. The van der Waals surface area contributed by atoms with E-state index in [1.807, 2.05) is 0 Å². The molecule has 0 radical (unpaired) electrons. The Morgan fingerprint density at radius 2 is 2.08 bits per heavy atom. The summed E-state index contributed by atoms with van der Waals surface area (Å²) >= 11 is 7.03. The lowest BCUT2D eigenvalue weighted by molar-refractivity contribution is -0.117. The number of carbonyl (C=O) groups is 2. The number of aromatic nitrogens is 1. The molecule has 1 saturated carbocycles. The fourth-order valence-corrected chi connectivity index (χ4v) is 3.50. The van der Waals surface area contributed by atoms with Crippen molar-refractivity contribution in [2.45, 2.75) is 43.4 Å². The molecule has 8 heteroatoms. The monoisotopic (exact) mass is 367 g/mol. The van der Waals surface area contributed by atoms with E-state index in [4.69, 9.17) is 16.0 Å². The van der Waals surface area contributed by atoms with Crippen LogP contribution < -0.4 is 10.6 Å². The van der Waals surface area contributed by atoms with Crippen LogP contribution in [0.3, 0.4) is 0 Å². The molecular weight excluding hydrogens is 350 g/mol. The first-order valence-corrected chi connectivity index (χ1v) is 9.26. The van der Waals surface area contributed by atoms with Gasteiger partial charge in [-0.1, -0.05) is 42.6 Å². The zero-order valence-corrected chi connectivity index (χ0v) is 14.6. The third-order valence-electron chi connectivity index (χ3n) is 3.85. The molecule has 0 bridgehead atoms. The molecule has 1 fully saturated rings. The number of nitrogens with one attached hydrogen (secondary N) is 2. The summed E-state index contributed by atoms with van der Waals surface area (Å²) < 4.78 is 5.51. The van der Waals surface area contributed by atoms with E-state index in [9.17, 15) is 9.59 Å². The van der Waals surface area contributed by atoms with Gasteiger partial charge in [-0.25, -0.2) is 9.78 Å². The van der Waals surface area contributed by atoms with Crippen LogP contribution in [0, 0.1) is 0 Å². The van der Waals surface area contributed by atoms with E-state index in [2.05, 4.69) is 15.6 Å². The van der Waals surface area contributed by atoms with E-state index in [0.29, 0.717) is 21.3 Å². The molecule has 0 unspecified atom stereocenters. The average molecular weight is 368 g/mol. The number of imide groups is 1. The van der Waals surface area contributed by atoms with Gasteiger partial charge in [0.15, 0.2) is 5.58 Å². The highest BCUT2D eigenvalue weighted by Crippen LogP contribution is 2.25. The van der Waals surface area contributed by atoms with Crippen molar-refractivity contribution in [2.24, 2.45) is 0 Å². The Labute approximate surface area is 148 Å². The van der Waals surface area contributed by atoms with Gasteiger partial charge in [-0.15, -0.1) is 0 Å². The molecule has 2 N–H and O–H groups in total. The van der Waals surface area contributed by atoms with Crippen molar-refractivity contribution in [3.8, 4) is 0 Å². The van der Waals surface area contributed by atoms with Gasteiger partial charge in [-0.2, -0.15) is 0 Å². The number of fused-ring (bicyclic) bond motifs is 1. The minimum Gasteiger partial charge on any atom is -0.431 e. The lowest BCUT2D eigenvalue weighted by Gasteiger charge is -2.22. The number of thioether (sulfide) groups is 1. The summed E-state index contributed by atoms with van der Waals surface area (Å²) in [4.78, 5) is 27.9. The quantitative estimate of drug-likeness (QED) is 0.804. The van der Waals surface area contributed by atoms with Crippen molar-refractivity contribution in [3.05, 3.63) is 23.2 Å². The number of carbonyl (C=O) groups excluding carboxylic acids is 2. The molecule has 6 nitrogen and oxygen atoms in total. The Balaban J connectivity index is 1.46. The Morgan fingerprint density at radius 1 is 1.29 bits per heavy atom. The molecule has 1 aromatic carbocycles. The molecule has 0 atom stereocenters. The molecule has 128 valence electrons. The van der Waals surface area contributed by atoms with Crippen LogP contribution in [0.5, 0.6) is 0 Å². The fourth-order valence-electron chi connectivity index (χ4n) is 2.70. The maximum atomic E-state index is 11.9. The van der Waals surface area contributed by atoms with Gasteiger partial charge in [0.2, 0.25) is 5.91 Å². The summed E-state index contributed by atoms with van der Waals surface area (Å²) in [6.07, 6.45) is 5.40. The fraction of sp³-hybridized carbons (Fsp3) is 0.438. The number of rotatable bonds is 4. The van der Waals surface area contributed by atoms with Crippen molar-refractivity contribution in [1.29, 1.82) is 0 Å². The molecule has 3 rings (SSSR count). The Kier molecular flexibility index (Phi) is 5.63. The van der Waals surface area contributed by atoms with Gasteiger partial charge < -0.3 is 9.73 Å². The van der Waals surface area contributed by atoms with Gasteiger partial charge in [0, 0.05) is 11.1 Å². The minimum atomic E-state index is -0.433. The number of amides is 3. The number of nitrogens with zero attached hydrogens (tertiary/aromatic N) is 1. The molecular formula is C16H18ClN3O3S. The van der Waals surface area contributed by atoms with Crippen LogP contribution in [0.15, 0.2) is 27.8 Å². The van der Waals surface area contributed by atoms with Gasteiger partial charge in [-0.05, 0) is 31.0 Å². The summed E-state index contributed by atoms with van der Waals surface area (Å²) in [5.41, 5.74) is 1.25. The maximum Gasteiger partial charge on any atom is 0.321 e. The van der Waals surface area contributed by atoms with Gasteiger partial charge in [-0.3, -0.25) is 10.1 Å². The van der Waals surface area contributed by atoms with Crippen LogP contribution in [0.2, 0.25) is 5.02 Å². The lowest BCUT2D eigenvalue weighted by atomic mass is 9.96. The number of halogens is 1. The third kappa shape index (κ3) is 4.64. The van der Waals surface area contributed by atoms with E-state index < -0.39 is 6.03 Å². The van der Waals surface area contributed by atoms with Crippen molar-refractivity contribution in [2.75, 3.05) is 5.75 Å². The van der Waals surface area contributed by atoms with Gasteiger partial charge in [0.25, 0.3) is 5.22 Å². The molecule has 1 aliphatic rings. The number of benzene rings is 1. The van der Waals surface area contributed by atoms with E-state index in [-0.39, 0.29) is 17.7 Å². The van der Waals surface area contributed by atoms with Gasteiger partial charge in [0.05, 0.1) is 5.75 Å². The predicted molar refractivity (Wildman–Crippen MR) is 93.3 cm³/mol. The van der Waals surface area contributed by atoms with Crippen molar-refractivity contribution >= 4 is 46.4 Å². The van der Waals surface area contributed by atoms with Crippen molar-refractivity contribution < 1.29 is 14.0 Å². The first-order valence-electron chi connectivity index (χ1n) is 7.89. The average Bonchev–Trinajstić information content (AvgIpc) is 2.95. The van der Waals surface area contributed by atoms with Gasteiger partial charge >= 0.3 is 6.03 Å². The highest BCUT2D eigenvalue weighted by molar-refractivity contribution is 7.99. The van der Waals surface area contributed by atoms with Crippen LogP contribution >= 0.6 is 23.4 Å². The van der Waals surface area contributed by atoms with Crippen molar-refractivity contribution in [1.82, 2.24) is 15.6 Å². The zero-order valence-electron chi connectivity index (χ0n) is 13.0. The van der Waals surface area contributed by atoms with Crippen LogP contribution in [0.1, 0.15) is 32.1 Å².